The van der Waals surface area contributed by atoms with Crippen molar-refractivity contribution >= 4 is 17.8 Å². The van der Waals surface area contributed by atoms with E-state index in [1.165, 1.54) is 24.2 Å². The topological polar surface area (TPSA) is 66.5 Å². The summed E-state index contributed by atoms with van der Waals surface area (Å²) in [6, 6.07) is -0.518. The third kappa shape index (κ3) is 2.13. The molecular formula is C15H22N2O3. The summed E-state index contributed by atoms with van der Waals surface area (Å²) in [6.07, 6.45) is 6.93. The zero-order valence-electron chi connectivity index (χ0n) is 12.0. The number of imide groups is 2. The van der Waals surface area contributed by atoms with E-state index in [-0.39, 0.29) is 5.91 Å². The number of carbonyl (C=O) groups excluding carboxylic acids is 3. The minimum Gasteiger partial charge on any atom is -0.277 e. The molecule has 1 aliphatic heterocycles. The van der Waals surface area contributed by atoms with Crippen molar-refractivity contribution in [2.24, 2.45) is 17.3 Å². The second kappa shape index (κ2) is 4.86. The van der Waals surface area contributed by atoms with Crippen LogP contribution in [0, 0.1) is 17.3 Å². The Kier molecular flexibility index (Phi) is 3.30. The van der Waals surface area contributed by atoms with Gasteiger partial charge in [-0.05, 0) is 37.5 Å². The number of nitrogens with zero attached hydrogens (tertiary/aromatic N) is 1. The predicted octanol–water partition coefficient (Wildman–Crippen LogP) is 2.06. The van der Waals surface area contributed by atoms with Crippen LogP contribution in [-0.4, -0.2) is 29.3 Å². The predicted molar refractivity (Wildman–Crippen MR) is 72.7 cm³/mol. The van der Waals surface area contributed by atoms with Crippen molar-refractivity contribution in [3.63, 3.8) is 0 Å². The second-order valence-electron chi connectivity index (χ2n) is 6.55. The van der Waals surface area contributed by atoms with Crippen molar-refractivity contribution in [3.8, 4) is 0 Å². The molecule has 3 rings (SSSR count). The van der Waals surface area contributed by atoms with Crippen LogP contribution in [0.15, 0.2) is 0 Å². The Hall–Kier alpha value is -1.39. The maximum atomic E-state index is 12.4. The molecule has 0 aromatic rings. The average Bonchev–Trinajstić information content (AvgIpc) is 3.24. The lowest BCUT2D eigenvalue weighted by Gasteiger charge is -2.35. The highest BCUT2D eigenvalue weighted by Crippen LogP contribution is 2.49. The molecule has 3 aliphatic rings. The summed E-state index contributed by atoms with van der Waals surface area (Å²) in [5.41, 5.74) is -0.894. The SMILES string of the molecule is CCC1CCC(CN2C(=O)NC(=O)C3(CC3)C2=O)CC1. The van der Waals surface area contributed by atoms with E-state index in [9.17, 15) is 14.4 Å². The van der Waals surface area contributed by atoms with Crippen molar-refractivity contribution < 1.29 is 14.4 Å². The van der Waals surface area contributed by atoms with E-state index < -0.39 is 17.4 Å². The number of barbiturate groups is 1. The van der Waals surface area contributed by atoms with Gasteiger partial charge in [-0.1, -0.05) is 26.2 Å². The van der Waals surface area contributed by atoms with Gasteiger partial charge in [-0.25, -0.2) is 4.79 Å². The molecule has 0 aromatic heterocycles. The molecule has 5 nitrogen and oxygen atoms in total. The van der Waals surface area contributed by atoms with Gasteiger partial charge < -0.3 is 0 Å². The van der Waals surface area contributed by atoms with Gasteiger partial charge in [0, 0.05) is 6.54 Å². The maximum absolute atomic E-state index is 12.4. The molecule has 2 aliphatic carbocycles. The van der Waals surface area contributed by atoms with Crippen molar-refractivity contribution in [1.82, 2.24) is 10.2 Å². The standard InChI is InChI=1S/C15H22N2O3/c1-2-10-3-5-11(6-4-10)9-17-13(19)15(7-8-15)12(18)16-14(17)20/h10-11H,2-9H2,1H3,(H,16,18,20). The second-order valence-corrected chi connectivity index (χ2v) is 6.55. The minimum atomic E-state index is -0.894. The quantitative estimate of drug-likeness (QED) is 0.804. The first kappa shape index (κ1) is 13.6. The van der Waals surface area contributed by atoms with Crippen LogP contribution in [-0.2, 0) is 9.59 Å². The van der Waals surface area contributed by atoms with Crippen molar-refractivity contribution in [3.05, 3.63) is 0 Å². The first-order valence-electron chi connectivity index (χ1n) is 7.74. The molecule has 0 radical (unpaired) electrons. The lowest BCUT2D eigenvalue weighted by Crippen LogP contribution is -2.60. The van der Waals surface area contributed by atoms with Crippen LogP contribution in [0.2, 0.25) is 0 Å². The molecule has 0 bridgehead atoms. The van der Waals surface area contributed by atoms with Crippen LogP contribution in [0.1, 0.15) is 51.9 Å². The molecule has 3 fully saturated rings. The normalized spacial score (nSPS) is 32.5. The van der Waals surface area contributed by atoms with Crippen LogP contribution in [0.4, 0.5) is 4.79 Å². The van der Waals surface area contributed by atoms with Crippen LogP contribution in [0.25, 0.3) is 0 Å². The van der Waals surface area contributed by atoms with E-state index in [2.05, 4.69) is 12.2 Å². The van der Waals surface area contributed by atoms with Gasteiger partial charge in [-0.2, -0.15) is 0 Å². The molecule has 1 spiro atoms. The number of hydrogen-bond acceptors (Lipinski definition) is 3. The number of urea groups is 1. The van der Waals surface area contributed by atoms with Gasteiger partial charge in [-0.3, -0.25) is 19.8 Å². The summed E-state index contributed by atoms with van der Waals surface area (Å²) < 4.78 is 0. The Balaban J connectivity index is 1.63. The number of nitrogens with one attached hydrogen (secondary N) is 1. The molecule has 5 heteroatoms. The monoisotopic (exact) mass is 278 g/mol. The summed E-state index contributed by atoms with van der Waals surface area (Å²) >= 11 is 0. The first-order chi connectivity index (χ1) is 9.56. The highest BCUT2D eigenvalue weighted by Gasteiger charge is 2.62. The number of hydrogen-bond donors (Lipinski definition) is 1. The molecule has 2 saturated carbocycles. The number of amides is 4. The van der Waals surface area contributed by atoms with E-state index in [0.29, 0.717) is 25.3 Å². The molecule has 1 saturated heterocycles. The highest BCUT2D eigenvalue weighted by atomic mass is 16.2. The van der Waals surface area contributed by atoms with Gasteiger partial charge in [0.2, 0.25) is 11.8 Å². The average molecular weight is 278 g/mol. The molecule has 0 unspecified atom stereocenters. The highest BCUT2D eigenvalue weighted by molar-refractivity contribution is 6.20. The van der Waals surface area contributed by atoms with Gasteiger partial charge in [-0.15, -0.1) is 0 Å². The van der Waals surface area contributed by atoms with Crippen molar-refractivity contribution in [1.29, 1.82) is 0 Å². The Morgan fingerprint density at radius 3 is 2.25 bits per heavy atom. The summed E-state index contributed by atoms with van der Waals surface area (Å²) in [5, 5.41) is 2.35. The lowest BCUT2D eigenvalue weighted by atomic mass is 9.80. The lowest BCUT2D eigenvalue weighted by molar-refractivity contribution is -0.145. The van der Waals surface area contributed by atoms with Crippen LogP contribution in [0.5, 0.6) is 0 Å². The zero-order chi connectivity index (χ0) is 14.3. The molecule has 1 N–H and O–H groups in total. The van der Waals surface area contributed by atoms with Crippen LogP contribution < -0.4 is 5.32 Å². The Labute approximate surface area is 119 Å². The fourth-order valence-corrected chi connectivity index (χ4v) is 3.54. The smallest absolute Gasteiger partial charge is 0.277 e. The molecule has 110 valence electrons. The Morgan fingerprint density at radius 2 is 1.70 bits per heavy atom. The molecule has 20 heavy (non-hydrogen) atoms. The first-order valence-corrected chi connectivity index (χ1v) is 7.74. The van der Waals surface area contributed by atoms with Crippen molar-refractivity contribution in [2.75, 3.05) is 6.54 Å². The number of carbonyl (C=O) groups is 3. The zero-order valence-corrected chi connectivity index (χ0v) is 12.0. The van der Waals surface area contributed by atoms with Gasteiger partial charge in [0.1, 0.15) is 5.41 Å². The Morgan fingerprint density at radius 1 is 1.10 bits per heavy atom. The fraction of sp³-hybridized carbons (Fsp3) is 0.800. The maximum Gasteiger partial charge on any atom is 0.330 e. The van der Waals surface area contributed by atoms with E-state index in [1.54, 1.807) is 0 Å². The van der Waals surface area contributed by atoms with Gasteiger partial charge in [0.25, 0.3) is 0 Å². The number of rotatable bonds is 3. The summed E-state index contributed by atoms with van der Waals surface area (Å²) in [5.74, 6) is 0.548. The van der Waals surface area contributed by atoms with E-state index in [0.717, 1.165) is 18.8 Å². The summed E-state index contributed by atoms with van der Waals surface area (Å²) in [6.45, 7) is 2.70. The third-order valence-corrected chi connectivity index (χ3v) is 5.29. The molecule has 0 atom stereocenters. The summed E-state index contributed by atoms with van der Waals surface area (Å²) in [4.78, 5) is 37.3. The molecular weight excluding hydrogens is 256 g/mol. The van der Waals surface area contributed by atoms with E-state index in [1.807, 2.05) is 0 Å². The molecule has 1 heterocycles. The van der Waals surface area contributed by atoms with Crippen LogP contribution >= 0.6 is 0 Å². The minimum absolute atomic E-state index is 0.260. The van der Waals surface area contributed by atoms with E-state index >= 15 is 0 Å². The van der Waals surface area contributed by atoms with Gasteiger partial charge in [0.15, 0.2) is 0 Å². The van der Waals surface area contributed by atoms with E-state index in [4.69, 9.17) is 0 Å². The fourth-order valence-electron chi connectivity index (χ4n) is 3.54. The largest absolute Gasteiger partial charge is 0.330 e. The third-order valence-electron chi connectivity index (χ3n) is 5.29. The summed E-state index contributed by atoms with van der Waals surface area (Å²) in [7, 11) is 0. The van der Waals surface area contributed by atoms with Crippen molar-refractivity contribution in [2.45, 2.75) is 51.9 Å². The molecule has 4 amide bonds. The molecule has 0 aromatic carbocycles. The van der Waals surface area contributed by atoms with Crippen LogP contribution in [0.3, 0.4) is 0 Å². The van der Waals surface area contributed by atoms with Gasteiger partial charge in [0.05, 0.1) is 0 Å². The van der Waals surface area contributed by atoms with Gasteiger partial charge >= 0.3 is 6.03 Å². The Bertz CT molecular complexity index is 448.